The Hall–Kier alpha value is -2.66. The SMILES string of the molecule is CC(=O)c1cc(C(=O)Nc2ccc3c(c2)C2CCCN2C(C)C3)ccc1OC(C)C. The molecule has 2 aliphatic heterocycles. The van der Waals surface area contributed by atoms with E-state index in [2.05, 4.69) is 29.3 Å². The first-order chi connectivity index (χ1) is 14.3. The minimum Gasteiger partial charge on any atom is -0.490 e. The molecule has 0 spiro atoms. The van der Waals surface area contributed by atoms with Gasteiger partial charge in [-0.05, 0) is 95.0 Å². The average Bonchev–Trinajstić information content (AvgIpc) is 3.19. The number of amides is 1. The van der Waals surface area contributed by atoms with Gasteiger partial charge in [0.2, 0.25) is 0 Å². The lowest BCUT2D eigenvalue weighted by molar-refractivity contribution is 0.101. The Morgan fingerprint density at radius 1 is 1.17 bits per heavy atom. The number of hydrogen-bond acceptors (Lipinski definition) is 4. The Kier molecular flexibility index (Phi) is 5.65. The zero-order chi connectivity index (χ0) is 21.4. The van der Waals surface area contributed by atoms with Gasteiger partial charge in [0, 0.05) is 23.3 Å². The number of anilines is 1. The molecule has 0 saturated carbocycles. The Labute approximate surface area is 178 Å². The molecular formula is C25H30N2O3. The van der Waals surface area contributed by atoms with Crippen molar-refractivity contribution in [2.24, 2.45) is 0 Å². The molecular weight excluding hydrogens is 376 g/mol. The molecule has 2 aromatic carbocycles. The molecule has 1 amide bonds. The van der Waals surface area contributed by atoms with Gasteiger partial charge in [-0.15, -0.1) is 0 Å². The normalized spacial score (nSPS) is 20.6. The number of hydrogen-bond donors (Lipinski definition) is 1. The quantitative estimate of drug-likeness (QED) is 0.709. The molecule has 1 fully saturated rings. The van der Waals surface area contributed by atoms with E-state index in [0.29, 0.717) is 29.0 Å². The third-order valence-electron chi connectivity index (χ3n) is 6.12. The van der Waals surface area contributed by atoms with E-state index in [9.17, 15) is 9.59 Å². The van der Waals surface area contributed by atoms with Crippen LogP contribution in [0.5, 0.6) is 5.75 Å². The second kappa shape index (κ2) is 8.23. The molecule has 2 atom stereocenters. The highest BCUT2D eigenvalue weighted by Crippen LogP contribution is 2.41. The van der Waals surface area contributed by atoms with Crippen molar-refractivity contribution in [1.29, 1.82) is 0 Å². The third kappa shape index (κ3) is 3.99. The molecule has 158 valence electrons. The van der Waals surface area contributed by atoms with E-state index in [-0.39, 0.29) is 17.8 Å². The number of ether oxygens (including phenoxy) is 1. The van der Waals surface area contributed by atoms with Crippen LogP contribution in [0.1, 0.15) is 78.4 Å². The van der Waals surface area contributed by atoms with Gasteiger partial charge in [-0.3, -0.25) is 14.5 Å². The Balaban J connectivity index is 1.57. The molecule has 4 rings (SSSR count). The van der Waals surface area contributed by atoms with E-state index >= 15 is 0 Å². The maximum Gasteiger partial charge on any atom is 0.255 e. The van der Waals surface area contributed by atoms with Crippen LogP contribution in [0.25, 0.3) is 0 Å². The van der Waals surface area contributed by atoms with Crippen LogP contribution in [0.15, 0.2) is 36.4 Å². The second-order valence-corrected chi connectivity index (χ2v) is 8.75. The van der Waals surface area contributed by atoms with Gasteiger partial charge in [-0.1, -0.05) is 6.07 Å². The van der Waals surface area contributed by atoms with Crippen LogP contribution in [0.2, 0.25) is 0 Å². The molecule has 0 radical (unpaired) electrons. The van der Waals surface area contributed by atoms with Crippen LogP contribution in [-0.4, -0.2) is 35.3 Å². The molecule has 0 aromatic heterocycles. The van der Waals surface area contributed by atoms with Gasteiger partial charge in [0.05, 0.1) is 11.7 Å². The molecule has 1 saturated heterocycles. The maximum atomic E-state index is 12.9. The van der Waals surface area contributed by atoms with Crippen molar-refractivity contribution < 1.29 is 14.3 Å². The number of benzene rings is 2. The predicted molar refractivity (Wildman–Crippen MR) is 118 cm³/mol. The van der Waals surface area contributed by atoms with Gasteiger partial charge < -0.3 is 10.1 Å². The zero-order valence-corrected chi connectivity index (χ0v) is 18.2. The molecule has 30 heavy (non-hydrogen) atoms. The summed E-state index contributed by atoms with van der Waals surface area (Å²) in [6.45, 7) is 8.76. The van der Waals surface area contributed by atoms with E-state index in [0.717, 1.165) is 18.7 Å². The summed E-state index contributed by atoms with van der Waals surface area (Å²) >= 11 is 0. The minimum absolute atomic E-state index is 0.0452. The van der Waals surface area contributed by atoms with E-state index in [1.54, 1.807) is 18.2 Å². The number of Topliss-reactive ketones (excluding diaryl/α,β-unsaturated/α-hetero) is 1. The second-order valence-electron chi connectivity index (χ2n) is 8.75. The first-order valence-corrected chi connectivity index (χ1v) is 10.8. The number of fused-ring (bicyclic) bond motifs is 3. The number of rotatable bonds is 5. The fraction of sp³-hybridized carbons (Fsp3) is 0.440. The fourth-order valence-electron chi connectivity index (χ4n) is 4.76. The van der Waals surface area contributed by atoms with Crippen molar-refractivity contribution in [2.45, 2.75) is 65.1 Å². The summed E-state index contributed by atoms with van der Waals surface area (Å²) in [6.07, 6.45) is 3.41. The maximum absolute atomic E-state index is 12.9. The van der Waals surface area contributed by atoms with Gasteiger partial charge in [-0.2, -0.15) is 0 Å². The van der Waals surface area contributed by atoms with Crippen LogP contribution >= 0.6 is 0 Å². The highest BCUT2D eigenvalue weighted by Gasteiger charge is 2.35. The van der Waals surface area contributed by atoms with Crippen molar-refractivity contribution in [3.63, 3.8) is 0 Å². The number of carbonyl (C=O) groups excluding carboxylic acids is 2. The smallest absolute Gasteiger partial charge is 0.255 e. The van der Waals surface area contributed by atoms with E-state index in [1.807, 2.05) is 19.9 Å². The van der Waals surface area contributed by atoms with E-state index in [1.165, 1.54) is 30.9 Å². The molecule has 0 aliphatic carbocycles. The van der Waals surface area contributed by atoms with Crippen LogP contribution in [0.4, 0.5) is 5.69 Å². The predicted octanol–water partition coefficient (Wildman–Crippen LogP) is 5.01. The topological polar surface area (TPSA) is 58.6 Å². The summed E-state index contributed by atoms with van der Waals surface area (Å²) in [5.74, 6) is 0.170. The first-order valence-electron chi connectivity index (χ1n) is 10.8. The average molecular weight is 407 g/mol. The Bertz CT molecular complexity index is 982. The standard InChI is InChI=1S/C25H30N2O3/c1-15(2)30-24-10-8-19(13-21(24)17(4)28)25(29)26-20-9-7-18-12-16(3)27-11-5-6-23(27)22(18)14-20/h7-10,13-16,23H,5-6,11-12H2,1-4H3,(H,26,29). The van der Waals surface area contributed by atoms with Crippen LogP contribution in [0, 0.1) is 0 Å². The van der Waals surface area contributed by atoms with Crippen molar-refractivity contribution in [2.75, 3.05) is 11.9 Å². The highest BCUT2D eigenvalue weighted by molar-refractivity contribution is 6.07. The van der Waals surface area contributed by atoms with Gasteiger partial charge in [0.25, 0.3) is 5.91 Å². The van der Waals surface area contributed by atoms with Gasteiger partial charge in [0.15, 0.2) is 5.78 Å². The Morgan fingerprint density at radius 2 is 1.97 bits per heavy atom. The molecule has 0 bridgehead atoms. The largest absolute Gasteiger partial charge is 0.490 e. The van der Waals surface area contributed by atoms with E-state index in [4.69, 9.17) is 4.74 Å². The van der Waals surface area contributed by atoms with Crippen LogP contribution in [-0.2, 0) is 6.42 Å². The first kappa shape index (κ1) is 20.6. The van der Waals surface area contributed by atoms with Crippen molar-refractivity contribution in [3.05, 3.63) is 58.7 Å². The summed E-state index contributed by atoms with van der Waals surface area (Å²) in [7, 11) is 0. The summed E-state index contributed by atoms with van der Waals surface area (Å²) in [6, 6.07) is 12.3. The van der Waals surface area contributed by atoms with Crippen LogP contribution < -0.4 is 10.1 Å². The molecule has 5 nitrogen and oxygen atoms in total. The summed E-state index contributed by atoms with van der Waals surface area (Å²) in [4.78, 5) is 27.5. The minimum atomic E-state index is -0.221. The lowest BCUT2D eigenvalue weighted by atomic mass is 9.89. The monoisotopic (exact) mass is 406 g/mol. The lowest BCUT2D eigenvalue weighted by Crippen LogP contribution is -2.38. The van der Waals surface area contributed by atoms with Crippen molar-refractivity contribution in [1.82, 2.24) is 4.90 Å². The van der Waals surface area contributed by atoms with Gasteiger partial charge >= 0.3 is 0 Å². The molecule has 2 aliphatic rings. The van der Waals surface area contributed by atoms with Crippen molar-refractivity contribution in [3.8, 4) is 5.75 Å². The zero-order valence-electron chi connectivity index (χ0n) is 18.2. The van der Waals surface area contributed by atoms with Gasteiger partial charge in [-0.25, -0.2) is 0 Å². The molecule has 2 unspecified atom stereocenters. The summed E-state index contributed by atoms with van der Waals surface area (Å²) in [5, 5.41) is 3.02. The molecule has 1 N–H and O–H groups in total. The number of carbonyl (C=O) groups is 2. The number of nitrogens with zero attached hydrogens (tertiary/aromatic N) is 1. The lowest BCUT2D eigenvalue weighted by Gasteiger charge is -2.37. The highest BCUT2D eigenvalue weighted by atomic mass is 16.5. The summed E-state index contributed by atoms with van der Waals surface area (Å²) in [5.41, 5.74) is 4.40. The van der Waals surface area contributed by atoms with Crippen LogP contribution in [0.3, 0.4) is 0 Å². The fourth-order valence-corrected chi connectivity index (χ4v) is 4.76. The number of ketones is 1. The van der Waals surface area contributed by atoms with Crippen molar-refractivity contribution >= 4 is 17.4 Å². The number of nitrogens with one attached hydrogen (secondary N) is 1. The van der Waals surface area contributed by atoms with E-state index < -0.39 is 0 Å². The van der Waals surface area contributed by atoms with Gasteiger partial charge in [0.1, 0.15) is 5.75 Å². The third-order valence-corrected chi connectivity index (χ3v) is 6.12. The molecule has 2 aromatic rings. The summed E-state index contributed by atoms with van der Waals surface area (Å²) < 4.78 is 5.71. The molecule has 2 heterocycles. The Morgan fingerprint density at radius 3 is 2.70 bits per heavy atom. The molecule has 5 heteroatoms.